The minimum Gasteiger partial charge on any atom is -0.306 e. The van der Waals surface area contributed by atoms with E-state index in [1.165, 1.54) is 0 Å². The van der Waals surface area contributed by atoms with Crippen LogP contribution in [-0.4, -0.2) is 11.6 Å². The molecule has 3 nitrogen and oxygen atoms in total. The summed E-state index contributed by atoms with van der Waals surface area (Å²) in [5.41, 5.74) is 4.64. The van der Waals surface area contributed by atoms with Crippen LogP contribution >= 0.6 is 0 Å². The maximum atomic E-state index is 13.0. The van der Waals surface area contributed by atoms with E-state index in [-0.39, 0.29) is 12.3 Å². The molecule has 1 amide bonds. The Balaban J connectivity index is 1.65. The molecule has 0 saturated carbocycles. The molecule has 3 aromatic carbocycles. The number of hydrogen-bond donors (Lipinski definition) is 0. The molecule has 4 rings (SSSR count). The first kappa shape index (κ1) is 17.0. The van der Waals surface area contributed by atoms with E-state index in [0.717, 1.165) is 28.2 Å². The normalized spacial score (nSPS) is 14.0. The van der Waals surface area contributed by atoms with Gasteiger partial charge >= 0.3 is 0 Å². The second-order valence-electron chi connectivity index (χ2n) is 6.48. The zero-order valence-corrected chi connectivity index (χ0v) is 15.0. The van der Waals surface area contributed by atoms with Crippen LogP contribution in [0.4, 0.5) is 11.4 Å². The molecule has 1 aliphatic rings. The predicted octanol–water partition coefficient (Wildman–Crippen LogP) is 5.41. The van der Waals surface area contributed by atoms with Crippen LogP contribution < -0.4 is 4.90 Å². The Morgan fingerprint density at radius 1 is 0.815 bits per heavy atom. The molecule has 0 radical (unpaired) electrons. The SMILES string of the molecule is O=C1CC(C=Cc2ccccc2)=Nc2ccccc2N1Cc1ccccc1. The number of para-hydroxylation sites is 2. The highest BCUT2D eigenvalue weighted by Gasteiger charge is 2.23. The van der Waals surface area contributed by atoms with Gasteiger partial charge in [0.15, 0.2) is 0 Å². The van der Waals surface area contributed by atoms with E-state index < -0.39 is 0 Å². The smallest absolute Gasteiger partial charge is 0.233 e. The molecule has 1 heterocycles. The first-order chi connectivity index (χ1) is 13.3. The molecule has 27 heavy (non-hydrogen) atoms. The number of carbonyl (C=O) groups excluding carboxylic acids is 1. The van der Waals surface area contributed by atoms with Crippen molar-refractivity contribution in [3.63, 3.8) is 0 Å². The number of hydrogen-bond acceptors (Lipinski definition) is 2. The summed E-state index contributed by atoms with van der Waals surface area (Å²) in [4.78, 5) is 19.6. The molecule has 3 aromatic rings. The topological polar surface area (TPSA) is 32.7 Å². The largest absolute Gasteiger partial charge is 0.306 e. The Labute approximate surface area is 159 Å². The number of anilines is 1. The summed E-state index contributed by atoms with van der Waals surface area (Å²) in [6.07, 6.45) is 4.22. The molecule has 0 bridgehead atoms. The van der Waals surface area contributed by atoms with Crippen molar-refractivity contribution in [2.75, 3.05) is 4.90 Å². The van der Waals surface area contributed by atoms with Crippen LogP contribution in [0.3, 0.4) is 0 Å². The number of rotatable bonds is 4. The summed E-state index contributed by atoms with van der Waals surface area (Å²) in [6, 6.07) is 27.9. The van der Waals surface area contributed by atoms with E-state index in [0.29, 0.717) is 6.54 Å². The highest BCUT2D eigenvalue weighted by molar-refractivity contribution is 6.16. The lowest BCUT2D eigenvalue weighted by Crippen LogP contribution is -2.30. The fourth-order valence-corrected chi connectivity index (χ4v) is 3.16. The molecule has 0 spiro atoms. The van der Waals surface area contributed by atoms with Crippen molar-refractivity contribution in [1.82, 2.24) is 0 Å². The van der Waals surface area contributed by atoms with Crippen molar-refractivity contribution in [2.24, 2.45) is 4.99 Å². The first-order valence-corrected chi connectivity index (χ1v) is 9.03. The van der Waals surface area contributed by atoms with Gasteiger partial charge in [-0.25, -0.2) is 0 Å². The molecular formula is C24H20N2O. The molecule has 3 heteroatoms. The summed E-state index contributed by atoms with van der Waals surface area (Å²) in [6.45, 7) is 0.544. The van der Waals surface area contributed by atoms with Crippen LogP contribution in [0.25, 0.3) is 6.08 Å². The number of fused-ring (bicyclic) bond motifs is 1. The van der Waals surface area contributed by atoms with E-state index in [4.69, 9.17) is 4.99 Å². The van der Waals surface area contributed by atoms with Crippen molar-refractivity contribution >= 4 is 29.1 Å². The monoisotopic (exact) mass is 352 g/mol. The minimum atomic E-state index is 0.0558. The lowest BCUT2D eigenvalue weighted by Gasteiger charge is -2.22. The summed E-state index contributed by atoms with van der Waals surface area (Å²) in [5.74, 6) is 0.0558. The quantitative estimate of drug-likeness (QED) is 0.618. The van der Waals surface area contributed by atoms with Crippen molar-refractivity contribution < 1.29 is 4.79 Å². The number of benzene rings is 3. The van der Waals surface area contributed by atoms with E-state index in [1.54, 1.807) is 0 Å². The highest BCUT2D eigenvalue weighted by Crippen LogP contribution is 2.33. The van der Waals surface area contributed by atoms with E-state index >= 15 is 0 Å². The molecule has 0 fully saturated rings. The number of amides is 1. The van der Waals surface area contributed by atoms with Crippen LogP contribution in [0, 0.1) is 0 Å². The standard InChI is InChI=1S/C24H20N2O/c27-24-17-21(16-15-19-9-3-1-4-10-19)25-22-13-7-8-14-23(22)26(24)18-20-11-5-2-6-12-20/h1-16H,17-18H2. The molecule has 0 unspecified atom stereocenters. The van der Waals surface area contributed by atoms with E-state index in [2.05, 4.69) is 0 Å². The third-order valence-electron chi connectivity index (χ3n) is 4.52. The minimum absolute atomic E-state index is 0.0558. The average molecular weight is 352 g/mol. The fraction of sp³-hybridized carbons (Fsp3) is 0.0833. The Kier molecular flexibility index (Phi) is 4.93. The van der Waals surface area contributed by atoms with Gasteiger partial charge < -0.3 is 4.90 Å². The van der Waals surface area contributed by atoms with Gasteiger partial charge in [0.1, 0.15) is 0 Å². The molecule has 0 N–H and O–H groups in total. The molecule has 0 aromatic heterocycles. The zero-order chi connectivity index (χ0) is 18.5. The van der Waals surface area contributed by atoms with Crippen LogP contribution in [0.15, 0.2) is 96.0 Å². The van der Waals surface area contributed by atoms with Gasteiger partial charge in [0, 0.05) is 0 Å². The third-order valence-corrected chi connectivity index (χ3v) is 4.52. The number of nitrogens with zero attached hydrogens (tertiary/aromatic N) is 2. The Bertz CT molecular complexity index is 991. The summed E-state index contributed by atoms with van der Waals surface area (Å²) >= 11 is 0. The maximum absolute atomic E-state index is 13.0. The Morgan fingerprint density at radius 2 is 1.48 bits per heavy atom. The van der Waals surface area contributed by atoms with Crippen molar-refractivity contribution in [3.05, 3.63) is 102 Å². The van der Waals surface area contributed by atoms with E-state index in [1.807, 2.05) is 102 Å². The lowest BCUT2D eigenvalue weighted by atomic mass is 10.1. The molecule has 0 atom stereocenters. The van der Waals surface area contributed by atoms with Gasteiger partial charge in [0.05, 0.1) is 30.1 Å². The van der Waals surface area contributed by atoms with Gasteiger partial charge in [-0.3, -0.25) is 9.79 Å². The van der Waals surface area contributed by atoms with Gasteiger partial charge in [0.25, 0.3) is 0 Å². The lowest BCUT2D eigenvalue weighted by molar-refractivity contribution is -0.117. The number of allylic oxidation sites excluding steroid dienone is 1. The molecular weight excluding hydrogens is 332 g/mol. The Morgan fingerprint density at radius 3 is 2.26 bits per heavy atom. The number of carbonyl (C=O) groups is 1. The molecule has 132 valence electrons. The van der Waals surface area contributed by atoms with E-state index in [9.17, 15) is 4.79 Å². The second kappa shape index (κ2) is 7.83. The van der Waals surface area contributed by atoms with Gasteiger partial charge in [-0.05, 0) is 29.3 Å². The van der Waals surface area contributed by atoms with Gasteiger partial charge in [-0.1, -0.05) is 78.9 Å². The third kappa shape index (κ3) is 4.04. The summed E-state index contributed by atoms with van der Waals surface area (Å²) in [7, 11) is 0. The van der Waals surface area contributed by atoms with Crippen molar-refractivity contribution in [3.8, 4) is 0 Å². The van der Waals surface area contributed by atoms with Gasteiger partial charge in [0.2, 0.25) is 5.91 Å². The van der Waals surface area contributed by atoms with Crippen molar-refractivity contribution in [1.29, 1.82) is 0 Å². The number of aliphatic imine (C=N–C) groups is 1. The first-order valence-electron chi connectivity index (χ1n) is 9.03. The van der Waals surface area contributed by atoms with Gasteiger partial charge in [-0.2, -0.15) is 0 Å². The summed E-state index contributed by atoms with van der Waals surface area (Å²) in [5, 5.41) is 0. The molecule has 1 aliphatic heterocycles. The van der Waals surface area contributed by atoms with Crippen LogP contribution in [-0.2, 0) is 11.3 Å². The second-order valence-corrected chi connectivity index (χ2v) is 6.48. The fourth-order valence-electron chi connectivity index (χ4n) is 3.16. The van der Waals surface area contributed by atoms with Crippen LogP contribution in [0.5, 0.6) is 0 Å². The zero-order valence-electron chi connectivity index (χ0n) is 15.0. The average Bonchev–Trinajstić information content (AvgIpc) is 2.85. The van der Waals surface area contributed by atoms with Crippen LogP contribution in [0.2, 0.25) is 0 Å². The predicted molar refractivity (Wildman–Crippen MR) is 111 cm³/mol. The molecule has 0 aliphatic carbocycles. The van der Waals surface area contributed by atoms with Crippen molar-refractivity contribution in [2.45, 2.75) is 13.0 Å². The Hall–Kier alpha value is -3.46. The van der Waals surface area contributed by atoms with Crippen LogP contribution in [0.1, 0.15) is 17.5 Å². The molecule has 0 saturated heterocycles. The maximum Gasteiger partial charge on any atom is 0.233 e. The summed E-state index contributed by atoms with van der Waals surface area (Å²) < 4.78 is 0. The van der Waals surface area contributed by atoms with Gasteiger partial charge in [-0.15, -0.1) is 0 Å². The highest BCUT2D eigenvalue weighted by atomic mass is 16.2.